The number of aromatic nitrogens is 4. The van der Waals surface area contributed by atoms with Crippen molar-refractivity contribution in [2.24, 2.45) is 0 Å². The number of rotatable bonds is 9. The van der Waals surface area contributed by atoms with E-state index in [2.05, 4.69) is 20.3 Å². The SMILES string of the molecule is CC(C)(C)OC(=O)NC(Cc1ccccc1)C(=O)OCCOCn1cnc2c(=O)[nH]c(N)nc21. The minimum absolute atomic E-state index is 0.0214. The Balaban J connectivity index is 1.53. The zero-order valence-corrected chi connectivity index (χ0v) is 19.2. The summed E-state index contributed by atoms with van der Waals surface area (Å²) in [5, 5.41) is 2.57. The van der Waals surface area contributed by atoms with Crippen molar-refractivity contribution in [1.82, 2.24) is 24.8 Å². The van der Waals surface area contributed by atoms with Crippen LogP contribution >= 0.6 is 0 Å². The van der Waals surface area contributed by atoms with Gasteiger partial charge in [0.05, 0.1) is 12.9 Å². The number of fused-ring (bicyclic) bond motifs is 1. The largest absolute Gasteiger partial charge is 0.462 e. The summed E-state index contributed by atoms with van der Waals surface area (Å²) in [7, 11) is 0. The number of aromatic amines is 1. The summed E-state index contributed by atoms with van der Waals surface area (Å²) in [5.41, 5.74) is 5.69. The molecule has 12 heteroatoms. The summed E-state index contributed by atoms with van der Waals surface area (Å²) in [5.74, 6) is -0.650. The van der Waals surface area contributed by atoms with Crippen LogP contribution in [0.25, 0.3) is 11.2 Å². The molecule has 0 saturated heterocycles. The summed E-state index contributed by atoms with van der Waals surface area (Å²) in [4.78, 5) is 47.1. The predicted octanol–water partition coefficient (Wildman–Crippen LogP) is 1.36. The number of hydrogen-bond donors (Lipinski definition) is 3. The molecule has 0 fully saturated rings. The van der Waals surface area contributed by atoms with Gasteiger partial charge in [0.2, 0.25) is 5.95 Å². The summed E-state index contributed by atoms with van der Waals surface area (Å²) < 4.78 is 17.6. The summed E-state index contributed by atoms with van der Waals surface area (Å²) in [6.45, 7) is 5.23. The first kappa shape index (κ1) is 24.7. The van der Waals surface area contributed by atoms with Crippen LogP contribution in [-0.4, -0.2) is 56.4 Å². The number of carbonyl (C=O) groups excluding carboxylic acids is 2. The van der Waals surface area contributed by atoms with Gasteiger partial charge in [0.1, 0.15) is 25.0 Å². The topological polar surface area (TPSA) is 163 Å². The molecule has 0 aliphatic heterocycles. The standard InChI is InChI=1S/C22H28N6O6/c1-22(2,3)34-21(31)25-15(11-14-7-5-4-6-8-14)19(30)33-10-9-32-13-28-12-24-16-17(28)26-20(23)27-18(16)29/h4-8,12,15H,9-11,13H2,1-3H3,(H,25,31)(H3,23,26,27,29). The number of amides is 1. The van der Waals surface area contributed by atoms with E-state index in [9.17, 15) is 14.4 Å². The molecule has 4 N–H and O–H groups in total. The van der Waals surface area contributed by atoms with Crippen LogP contribution < -0.4 is 16.6 Å². The Labute approximate surface area is 195 Å². The van der Waals surface area contributed by atoms with Gasteiger partial charge >= 0.3 is 12.1 Å². The maximum Gasteiger partial charge on any atom is 0.408 e. The van der Waals surface area contributed by atoms with Gasteiger partial charge in [-0.3, -0.25) is 14.3 Å². The van der Waals surface area contributed by atoms with E-state index in [-0.39, 0.29) is 43.5 Å². The highest BCUT2D eigenvalue weighted by molar-refractivity contribution is 5.81. The average Bonchev–Trinajstić information content (AvgIpc) is 3.15. The fourth-order valence-electron chi connectivity index (χ4n) is 3.02. The maximum absolute atomic E-state index is 12.7. The lowest BCUT2D eigenvalue weighted by Crippen LogP contribution is -2.45. The van der Waals surface area contributed by atoms with Crippen LogP contribution in [-0.2, 0) is 32.2 Å². The third-order valence-electron chi connectivity index (χ3n) is 4.45. The van der Waals surface area contributed by atoms with Crippen LogP contribution in [0, 0.1) is 0 Å². The van der Waals surface area contributed by atoms with E-state index < -0.39 is 29.3 Å². The molecule has 0 radical (unpaired) electrons. The van der Waals surface area contributed by atoms with Gasteiger partial charge < -0.3 is 25.3 Å². The zero-order valence-electron chi connectivity index (χ0n) is 19.2. The van der Waals surface area contributed by atoms with Crippen molar-refractivity contribution in [3.63, 3.8) is 0 Å². The van der Waals surface area contributed by atoms with E-state index in [4.69, 9.17) is 19.9 Å². The van der Waals surface area contributed by atoms with Gasteiger partial charge in [-0.25, -0.2) is 14.6 Å². The lowest BCUT2D eigenvalue weighted by Gasteiger charge is -2.23. The zero-order chi connectivity index (χ0) is 24.7. The molecule has 0 saturated carbocycles. The number of carbonyl (C=O) groups is 2. The Kier molecular flexibility index (Phi) is 7.84. The maximum atomic E-state index is 12.7. The minimum atomic E-state index is -0.936. The van der Waals surface area contributed by atoms with Crippen molar-refractivity contribution in [3.8, 4) is 0 Å². The van der Waals surface area contributed by atoms with Crippen LogP contribution in [0.3, 0.4) is 0 Å². The Bertz CT molecular complexity index is 1180. The molecule has 0 bridgehead atoms. The lowest BCUT2D eigenvalue weighted by atomic mass is 10.1. The third-order valence-corrected chi connectivity index (χ3v) is 4.45. The normalized spacial score (nSPS) is 12.3. The van der Waals surface area contributed by atoms with Gasteiger partial charge in [-0.2, -0.15) is 4.98 Å². The number of H-pyrrole nitrogens is 1. The van der Waals surface area contributed by atoms with Crippen molar-refractivity contribution in [2.45, 2.75) is 45.6 Å². The molecule has 12 nitrogen and oxygen atoms in total. The number of anilines is 1. The molecule has 0 spiro atoms. The van der Waals surface area contributed by atoms with Crippen molar-refractivity contribution in [2.75, 3.05) is 18.9 Å². The average molecular weight is 473 g/mol. The molecule has 1 unspecified atom stereocenters. The van der Waals surface area contributed by atoms with Gasteiger partial charge in [-0.05, 0) is 26.3 Å². The van der Waals surface area contributed by atoms with Crippen molar-refractivity contribution < 1.29 is 23.8 Å². The van der Waals surface area contributed by atoms with E-state index in [0.29, 0.717) is 0 Å². The number of alkyl carbamates (subject to hydrolysis) is 1. The van der Waals surface area contributed by atoms with E-state index in [1.165, 1.54) is 10.9 Å². The fraction of sp³-hybridized carbons (Fsp3) is 0.409. The highest BCUT2D eigenvalue weighted by Gasteiger charge is 2.26. The van der Waals surface area contributed by atoms with Crippen LogP contribution in [0.15, 0.2) is 41.5 Å². The molecule has 1 aromatic carbocycles. The van der Waals surface area contributed by atoms with Gasteiger partial charge in [0, 0.05) is 6.42 Å². The Morgan fingerprint density at radius 2 is 1.94 bits per heavy atom. The number of nitrogens with zero attached hydrogens (tertiary/aromatic N) is 3. The van der Waals surface area contributed by atoms with Crippen LogP contribution in [0.4, 0.5) is 10.7 Å². The molecular weight excluding hydrogens is 444 g/mol. The number of nitrogen functional groups attached to an aromatic ring is 1. The second kappa shape index (κ2) is 10.8. The van der Waals surface area contributed by atoms with Gasteiger partial charge in [-0.15, -0.1) is 0 Å². The Hall–Kier alpha value is -3.93. The molecule has 2 aromatic heterocycles. The molecule has 2 heterocycles. The number of imidazole rings is 1. The van der Waals surface area contributed by atoms with Crippen molar-refractivity contribution >= 4 is 29.2 Å². The summed E-state index contributed by atoms with van der Waals surface area (Å²) >= 11 is 0. The van der Waals surface area contributed by atoms with Crippen molar-refractivity contribution in [1.29, 1.82) is 0 Å². The smallest absolute Gasteiger partial charge is 0.408 e. The quantitative estimate of drug-likeness (QED) is 0.308. The summed E-state index contributed by atoms with van der Waals surface area (Å²) in [6, 6.07) is 8.31. The van der Waals surface area contributed by atoms with Gasteiger partial charge in [0.15, 0.2) is 11.2 Å². The third kappa shape index (κ3) is 7.04. The Morgan fingerprint density at radius 3 is 2.65 bits per heavy atom. The first-order valence-corrected chi connectivity index (χ1v) is 10.6. The predicted molar refractivity (Wildman–Crippen MR) is 123 cm³/mol. The number of esters is 1. The minimum Gasteiger partial charge on any atom is -0.462 e. The van der Waals surface area contributed by atoms with Gasteiger partial charge in [-0.1, -0.05) is 30.3 Å². The van der Waals surface area contributed by atoms with E-state index in [0.717, 1.165) is 5.56 Å². The van der Waals surface area contributed by atoms with E-state index in [1.807, 2.05) is 30.3 Å². The fourth-order valence-corrected chi connectivity index (χ4v) is 3.02. The van der Waals surface area contributed by atoms with E-state index >= 15 is 0 Å². The highest BCUT2D eigenvalue weighted by atomic mass is 16.6. The highest BCUT2D eigenvalue weighted by Crippen LogP contribution is 2.10. The molecule has 1 amide bonds. The summed E-state index contributed by atoms with van der Waals surface area (Å²) in [6.07, 6.45) is 0.928. The number of nitrogens with two attached hydrogens (primary N) is 1. The number of benzene rings is 1. The van der Waals surface area contributed by atoms with Crippen LogP contribution in [0.5, 0.6) is 0 Å². The first-order chi connectivity index (χ1) is 16.1. The first-order valence-electron chi connectivity index (χ1n) is 10.6. The monoisotopic (exact) mass is 472 g/mol. The second-order valence-electron chi connectivity index (χ2n) is 8.43. The molecular formula is C22H28N6O6. The molecule has 3 rings (SSSR count). The van der Waals surface area contributed by atoms with Crippen molar-refractivity contribution in [3.05, 3.63) is 52.6 Å². The number of hydrogen-bond acceptors (Lipinski definition) is 9. The number of nitrogens with one attached hydrogen (secondary N) is 2. The van der Waals surface area contributed by atoms with Crippen LogP contribution in [0.1, 0.15) is 26.3 Å². The molecule has 182 valence electrons. The molecule has 3 aromatic rings. The van der Waals surface area contributed by atoms with E-state index in [1.54, 1.807) is 20.8 Å². The number of ether oxygens (including phenoxy) is 3. The molecule has 0 aliphatic carbocycles. The molecule has 0 aliphatic rings. The molecule has 1 atom stereocenters. The lowest BCUT2D eigenvalue weighted by molar-refractivity contribution is -0.148. The Morgan fingerprint density at radius 1 is 1.21 bits per heavy atom. The second-order valence-corrected chi connectivity index (χ2v) is 8.43. The van der Waals surface area contributed by atoms with Crippen LogP contribution in [0.2, 0.25) is 0 Å². The molecule has 34 heavy (non-hydrogen) atoms. The van der Waals surface area contributed by atoms with Gasteiger partial charge in [0.25, 0.3) is 5.56 Å².